The molecule has 1 aromatic heterocycles. The number of aryl methyl sites for hydroxylation is 1. The zero-order valence-corrected chi connectivity index (χ0v) is 13.2. The summed E-state index contributed by atoms with van der Waals surface area (Å²) in [7, 11) is 0. The molecule has 1 amide bonds. The van der Waals surface area contributed by atoms with E-state index in [-0.39, 0.29) is 30.7 Å². The second-order valence-corrected chi connectivity index (χ2v) is 5.65. The predicted molar refractivity (Wildman–Crippen MR) is 90.4 cm³/mol. The molecular weight excluding hydrogens is 322 g/mol. The smallest absolute Gasteiger partial charge is 0.265 e. The first-order valence-electron chi connectivity index (χ1n) is 7.83. The number of ether oxygens (including phenoxy) is 2. The third kappa shape index (κ3) is 3.03. The minimum absolute atomic E-state index is 0.103. The van der Waals surface area contributed by atoms with Crippen LogP contribution in [0.2, 0.25) is 0 Å². The summed E-state index contributed by atoms with van der Waals surface area (Å²) in [6.07, 6.45) is 0.737. The molecule has 0 radical (unpaired) electrons. The molecule has 7 heteroatoms. The van der Waals surface area contributed by atoms with E-state index >= 15 is 0 Å². The number of amides is 1. The topological polar surface area (TPSA) is 96.3 Å². The largest absolute Gasteiger partial charge is 0.493 e. The van der Waals surface area contributed by atoms with Crippen LogP contribution >= 0.6 is 0 Å². The standard InChI is InChI=1S/C18H15N3O4/c22-16(8-6-11-5-7-14-15(9-11)25-10-24-14)20-21-17-12-3-1-2-4-13(12)19-18(17)23/h1-5,7,9,19,23H,6,8,10H2. The van der Waals surface area contributed by atoms with E-state index in [1.807, 2.05) is 36.4 Å². The van der Waals surface area contributed by atoms with Crippen molar-refractivity contribution in [3.05, 3.63) is 48.0 Å². The third-order valence-electron chi connectivity index (χ3n) is 3.99. The average Bonchev–Trinajstić information content (AvgIpc) is 3.21. The minimum Gasteiger partial charge on any atom is -0.493 e. The molecule has 2 aromatic carbocycles. The van der Waals surface area contributed by atoms with Gasteiger partial charge in [0.2, 0.25) is 12.7 Å². The van der Waals surface area contributed by atoms with Crippen molar-refractivity contribution in [1.82, 2.24) is 4.98 Å². The molecule has 3 aromatic rings. The highest BCUT2D eigenvalue weighted by Gasteiger charge is 2.14. The van der Waals surface area contributed by atoms with Gasteiger partial charge < -0.3 is 19.6 Å². The maximum absolute atomic E-state index is 12.0. The Labute approximate surface area is 142 Å². The maximum Gasteiger partial charge on any atom is 0.265 e. The Hall–Kier alpha value is -3.35. The molecule has 126 valence electrons. The van der Waals surface area contributed by atoms with Crippen LogP contribution in [0.15, 0.2) is 52.7 Å². The van der Waals surface area contributed by atoms with E-state index in [9.17, 15) is 9.90 Å². The number of nitrogens with zero attached hydrogens (tertiary/aromatic N) is 2. The molecule has 0 bridgehead atoms. The summed E-state index contributed by atoms with van der Waals surface area (Å²) in [5.74, 6) is 0.940. The highest BCUT2D eigenvalue weighted by molar-refractivity contribution is 5.94. The fourth-order valence-corrected chi connectivity index (χ4v) is 2.72. The fourth-order valence-electron chi connectivity index (χ4n) is 2.72. The minimum atomic E-state index is -0.359. The molecular formula is C18H15N3O4. The van der Waals surface area contributed by atoms with Crippen molar-refractivity contribution < 1.29 is 19.4 Å². The number of hydrogen-bond acceptors (Lipinski definition) is 5. The van der Waals surface area contributed by atoms with E-state index in [0.29, 0.717) is 23.3 Å². The zero-order chi connectivity index (χ0) is 17.2. The van der Waals surface area contributed by atoms with Gasteiger partial charge in [-0.05, 0) is 30.2 Å². The first-order valence-corrected chi connectivity index (χ1v) is 7.83. The number of para-hydroxylation sites is 1. The van der Waals surface area contributed by atoms with Gasteiger partial charge in [0.25, 0.3) is 5.91 Å². The Morgan fingerprint density at radius 1 is 1.16 bits per heavy atom. The van der Waals surface area contributed by atoms with Gasteiger partial charge in [-0.1, -0.05) is 24.3 Å². The van der Waals surface area contributed by atoms with Crippen molar-refractivity contribution in [3.8, 4) is 17.4 Å². The van der Waals surface area contributed by atoms with Crippen LogP contribution in [0.3, 0.4) is 0 Å². The number of hydrogen-bond donors (Lipinski definition) is 2. The Bertz CT molecular complexity index is 978. The molecule has 2 N–H and O–H groups in total. The van der Waals surface area contributed by atoms with Gasteiger partial charge in [0.15, 0.2) is 17.2 Å². The van der Waals surface area contributed by atoms with Gasteiger partial charge in [0.1, 0.15) is 0 Å². The van der Waals surface area contributed by atoms with Crippen LogP contribution in [0.25, 0.3) is 10.9 Å². The Morgan fingerprint density at radius 2 is 2.00 bits per heavy atom. The molecule has 25 heavy (non-hydrogen) atoms. The van der Waals surface area contributed by atoms with Crippen LogP contribution in [0.5, 0.6) is 17.4 Å². The van der Waals surface area contributed by atoms with Gasteiger partial charge in [-0.25, -0.2) is 0 Å². The van der Waals surface area contributed by atoms with Gasteiger partial charge in [0, 0.05) is 11.8 Å². The van der Waals surface area contributed by atoms with E-state index in [0.717, 1.165) is 11.1 Å². The van der Waals surface area contributed by atoms with E-state index in [2.05, 4.69) is 15.2 Å². The predicted octanol–water partition coefficient (Wildman–Crippen LogP) is 3.85. The second kappa shape index (κ2) is 6.27. The lowest BCUT2D eigenvalue weighted by Crippen LogP contribution is -1.95. The normalized spacial score (nSPS) is 13.0. The number of rotatable bonds is 4. The molecule has 4 rings (SSSR count). The van der Waals surface area contributed by atoms with Crippen molar-refractivity contribution in [2.75, 3.05) is 6.79 Å². The highest BCUT2D eigenvalue weighted by atomic mass is 16.7. The highest BCUT2D eigenvalue weighted by Crippen LogP contribution is 2.35. The molecule has 0 aliphatic carbocycles. The van der Waals surface area contributed by atoms with Crippen molar-refractivity contribution in [2.24, 2.45) is 10.2 Å². The Morgan fingerprint density at radius 3 is 2.92 bits per heavy atom. The van der Waals surface area contributed by atoms with Crippen molar-refractivity contribution in [3.63, 3.8) is 0 Å². The number of carbonyl (C=O) groups excluding carboxylic acids is 1. The average molecular weight is 337 g/mol. The van der Waals surface area contributed by atoms with Gasteiger partial charge in [-0.15, -0.1) is 10.2 Å². The van der Waals surface area contributed by atoms with E-state index < -0.39 is 0 Å². The molecule has 0 saturated carbocycles. The van der Waals surface area contributed by atoms with Crippen LogP contribution in [-0.4, -0.2) is 22.8 Å². The number of H-pyrrole nitrogens is 1. The number of carbonyl (C=O) groups is 1. The second-order valence-electron chi connectivity index (χ2n) is 5.65. The fraction of sp³-hybridized carbons (Fsp3) is 0.167. The maximum atomic E-state index is 12.0. The van der Waals surface area contributed by atoms with Crippen LogP contribution in [0, 0.1) is 0 Å². The molecule has 7 nitrogen and oxygen atoms in total. The van der Waals surface area contributed by atoms with Crippen LogP contribution < -0.4 is 9.47 Å². The van der Waals surface area contributed by atoms with Gasteiger partial charge in [-0.2, -0.15) is 0 Å². The quantitative estimate of drug-likeness (QED) is 0.707. The first-order chi connectivity index (χ1) is 12.2. The number of nitrogens with one attached hydrogen (secondary N) is 1. The first kappa shape index (κ1) is 15.2. The number of aromatic hydroxyl groups is 1. The molecule has 1 aliphatic rings. The number of fused-ring (bicyclic) bond motifs is 2. The number of benzene rings is 2. The van der Waals surface area contributed by atoms with E-state index in [4.69, 9.17) is 9.47 Å². The summed E-state index contributed by atoms with van der Waals surface area (Å²) in [5.41, 5.74) is 1.97. The van der Waals surface area contributed by atoms with Crippen molar-refractivity contribution >= 4 is 22.5 Å². The lowest BCUT2D eigenvalue weighted by molar-refractivity contribution is -0.118. The molecule has 0 atom stereocenters. The molecule has 0 unspecified atom stereocenters. The van der Waals surface area contributed by atoms with E-state index in [1.54, 1.807) is 6.07 Å². The molecule has 1 aliphatic heterocycles. The summed E-state index contributed by atoms with van der Waals surface area (Å²) < 4.78 is 10.6. The van der Waals surface area contributed by atoms with E-state index in [1.165, 1.54) is 0 Å². The van der Waals surface area contributed by atoms with Gasteiger partial charge >= 0.3 is 0 Å². The molecule has 0 saturated heterocycles. The summed E-state index contributed by atoms with van der Waals surface area (Å²) in [5, 5.41) is 18.2. The van der Waals surface area contributed by atoms with Gasteiger partial charge in [0.05, 0.1) is 5.52 Å². The Kier molecular flexibility index (Phi) is 3.81. The van der Waals surface area contributed by atoms with Crippen LogP contribution in [0.1, 0.15) is 12.0 Å². The van der Waals surface area contributed by atoms with Crippen molar-refractivity contribution in [1.29, 1.82) is 0 Å². The number of aromatic nitrogens is 1. The number of azo groups is 1. The Balaban J connectivity index is 1.43. The SMILES string of the molecule is O=C(CCc1ccc2c(c1)OCO2)N=Nc1c(O)[nH]c2ccccc12. The molecule has 0 spiro atoms. The van der Waals surface area contributed by atoms with Crippen LogP contribution in [-0.2, 0) is 11.2 Å². The summed E-state index contributed by atoms with van der Waals surface area (Å²) in [6.45, 7) is 0.222. The molecule has 2 heterocycles. The summed E-state index contributed by atoms with van der Waals surface area (Å²) in [4.78, 5) is 14.8. The zero-order valence-electron chi connectivity index (χ0n) is 13.2. The third-order valence-corrected chi connectivity index (χ3v) is 3.99. The van der Waals surface area contributed by atoms with Crippen LogP contribution in [0.4, 0.5) is 5.69 Å². The lowest BCUT2D eigenvalue weighted by atomic mass is 10.1. The summed E-state index contributed by atoms with van der Waals surface area (Å²) in [6, 6.07) is 12.9. The lowest BCUT2D eigenvalue weighted by Gasteiger charge is -2.01. The monoisotopic (exact) mass is 337 g/mol. The number of aromatic amines is 1. The van der Waals surface area contributed by atoms with Gasteiger partial charge in [-0.3, -0.25) is 4.79 Å². The van der Waals surface area contributed by atoms with Crippen molar-refractivity contribution in [2.45, 2.75) is 12.8 Å². The molecule has 0 fully saturated rings. The summed E-state index contributed by atoms with van der Waals surface area (Å²) >= 11 is 0.